The highest BCUT2D eigenvalue weighted by atomic mass is 32.1. The first-order valence-electron chi connectivity index (χ1n) is 5.82. The van der Waals surface area contributed by atoms with Crippen LogP contribution in [0.1, 0.15) is 26.5 Å². The molecule has 5 heteroatoms. The first kappa shape index (κ1) is 14.7. The fourth-order valence-corrected chi connectivity index (χ4v) is 2.54. The van der Waals surface area contributed by atoms with Gasteiger partial charge in [0.15, 0.2) is 0 Å². The van der Waals surface area contributed by atoms with Crippen LogP contribution in [0.5, 0.6) is 0 Å². The summed E-state index contributed by atoms with van der Waals surface area (Å²) in [7, 11) is 1.60. The van der Waals surface area contributed by atoms with E-state index in [4.69, 9.17) is 10.00 Å². The summed E-state index contributed by atoms with van der Waals surface area (Å²) in [6, 6.07) is 3.98. The number of thiophene rings is 1. The molecule has 0 N–H and O–H groups in total. The lowest BCUT2D eigenvalue weighted by Gasteiger charge is -2.20. The number of carbonyl (C=O) groups excluding carboxylic acids is 1. The van der Waals surface area contributed by atoms with Crippen LogP contribution in [0.3, 0.4) is 0 Å². The van der Waals surface area contributed by atoms with E-state index >= 15 is 0 Å². The van der Waals surface area contributed by atoms with Crippen molar-refractivity contribution in [1.29, 1.82) is 5.26 Å². The van der Waals surface area contributed by atoms with Crippen molar-refractivity contribution in [2.45, 2.75) is 20.3 Å². The van der Waals surface area contributed by atoms with E-state index in [2.05, 4.69) is 6.07 Å². The van der Waals surface area contributed by atoms with E-state index in [-0.39, 0.29) is 5.91 Å². The monoisotopic (exact) mass is 266 g/mol. The molecule has 0 unspecified atom stereocenters. The molecule has 0 aromatic carbocycles. The van der Waals surface area contributed by atoms with E-state index in [1.807, 2.05) is 19.9 Å². The number of ether oxygens (including phenoxy) is 1. The molecule has 0 radical (unpaired) electrons. The minimum absolute atomic E-state index is 0.0106. The number of hydrogen-bond acceptors (Lipinski definition) is 4. The fourth-order valence-electron chi connectivity index (χ4n) is 1.54. The summed E-state index contributed by atoms with van der Waals surface area (Å²) in [6.07, 6.45) is 0.346. The number of nitrogens with zero attached hydrogens (tertiary/aromatic N) is 2. The molecule has 1 aromatic heterocycles. The number of methoxy groups -OCH3 is 1. The third-order valence-corrected chi connectivity index (χ3v) is 3.86. The molecule has 1 heterocycles. The van der Waals surface area contributed by atoms with Crippen molar-refractivity contribution >= 4 is 17.2 Å². The molecular weight excluding hydrogens is 248 g/mol. The van der Waals surface area contributed by atoms with Crippen molar-refractivity contribution in [3.05, 3.63) is 21.4 Å². The van der Waals surface area contributed by atoms with Gasteiger partial charge in [-0.2, -0.15) is 5.26 Å². The van der Waals surface area contributed by atoms with Gasteiger partial charge in [-0.25, -0.2) is 0 Å². The Bertz CT molecular complexity index is 429. The lowest BCUT2D eigenvalue weighted by atomic mass is 10.2. The molecule has 1 rings (SSSR count). The largest absolute Gasteiger partial charge is 0.383 e. The molecule has 4 nitrogen and oxygen atoms in total. The van der Waals surface area contributed by atoms with Gasteiger partial charge in [-0.3, -0.25) is 4.79 Å². The highest BCUT2D eigenvalue weighted by molar-refractivity contribution is 7.14. The van der Waals surface area contributed by atoms with E-state index in [9.17, 15) is 4.79 Å². The molecule has 1 aromatic rings. The van der Waals surface area contributed by atoms with Crippen LogP contribution in [-0.4, -0.2) is 37.6 Å². The maximum Gasteiger partial charge on any atom is 0.264 e. The highest BCUT2D eigenvalue weighted by Crippen LogP contribution is 2.22. The summed E-state index contributed by atoms with van der Waals surface area (Å²) in [5, 5.41) is 8.62. The summed E-state index contributed by atoms with van der Waals surface area (Å²) < 4.78 is 4.99. The van der Waals surface area contributed by atoms with Crippen molar-refractivity contribution in [2.75, 3.05) is 26.8 Å². The molecule has 0 bridgehead atoms. The van der Waals surface area contributed by atoms with E-state index < -0.39 is 0 Å². The summed E-state index contributed by atoms with van der Waals surface area (Å²) in [5.74, 6) is -0.0106. The van der Waals surface area contributed by atoms with Gasteiger partial charge in [0, 0.05) is 25.1 Å². The normalized spacial score (nSPS) is 10.1. The molecule has 18 heavy (non-hydrogen) atoms. The standard InChI is InChI=1S/C13H18N2O2S/c1-10-9-12(18-11(10)2)13(16)15(6-4-5-14)7-8-17-3/h9H,4,6-8H2,1-3H3. The Morgan fingerprint density at radius 2 is 2.22 bits per heavy atom. The van der Waals surface area contributed by atoms with E-state index in [1.54, 1.807) is 12.0 Å². The quantitative estimate of drug-likeness (QED) is 0.794. The van der Waals surface area contributed by atoms with Crippen LogP contribution >= 0.6 is 11.3 Å². The third-order valence-electron chi connectivity index (χ3n) is 2.72. The summed E-state index contributed by atoms with van der Waals surface area (Å²) >= 11 is 1.50. The number of hydrogen-bond donors (Lipinski definition) is 0. The van der Waals surface area contributed by atoms with Crippen LogP contribution < -0.4 is 0 Å². The van der Waals surface area contributed by atoms with Gasteiger partial charge in [0.05, 0.1) is 24.0 Å². The van der Waals surface area contributed by atoms with Gasteiger partial charge in [-0.1, -0.05) is 0 Å². The second kappa shape index (κ2) is 7.14. The third kappa shape index (κ3) is 3.83. The van der Waals surface area contributed by atoms with Gasteiger partial charge in [0.1, 0.15) is 0 Å². The number of carbonyl (C=O) groups is 1. The van der Waals surface area contributed by atoms with Crippen molar-refractivity contribution in [3.63, 3.8) is 0 Å². The molecule has 0 spiro atoms. The molecule has 0 atom stereocenters. The van der Waals surface area contributed by atoms with E-state index in [0.717, 1.165) is 15.3 Å². The van der Waals surface area contributed by atoms with Gasteiger partial charge in [0.25, 0.3) is 5.91 Å². The van der Waals surface area contributed by atoms with E-state index in [1.165, 1.54) is 11.3 Å². The van der Waals surface area contributed by atoms with Crippen LogP contribution in [0.2, 0.25) is 0 Å². The Morgan fingerprint density at radius 1 is 1.50 bits per heavy atom. The molecule has 0 aliphatic rings. The second-order valence-electron chi connectivity index (χ2n) is 4.04. The average molecular weight is 266 g/mol. The maximum absolute atomic E-state index is 12.3. The zero-order valence-electron chi connectivity index (χ0n) is 11.0. The Kier molecular flexibility index (Phi) is 5.83. The summed E-state index contributed by atoms with van der Waals surface area (Å²) in [5.41, 5.74) is 1.13. The van der Waals surface area contributed by atoms with Gasteiger partial charge in [-0.05, 0) is 25.5 Å². The topological polar surface area (TPSA) is 53.3 Å². The second-order valence-corrected chi connectivity index (χ2v) is 5.30. The predicted molar refractivity (Wildman–Crippen MR) is 71.8 cm³/mol. The number of amides is 1. The number of rotatable bonds is 6. The highest BCUT2D eigenvalue weighted by Gasteiger charge is 2.17. The van der Waals surface area contributed by atoms with Gasteiger partial charge in [-0.15, -0.1) is 11.3 Å². The molecule has 0 aliphatic heterocycles. The summed E-state index contributed by atoms with van der Waals surface area (Å²) in [6.45, 7) is 5.46. The van der Waals surface area contributed by atoms with Crippen molar-refractivity contribution < 1.29 is 9.53 Å². The average Bonchev–Trinajstić information content (AvgIpc) is 2.69. The van der Waals surface area contributed by atoms with Crippen LogP contribution in [-0.2, 0) is 4.74 Å². The lowest BCUT2D eigenvalue weighted by molar-refractivity contribution is 0.0704. The molecule has 98 valence electrons. The Labute approximate surface area is 112 Å². The van der Waals surface area contributed by atoms with E-state index in [0.29, 0.717) is 26.1 Å². The SMILES string of the molecule is COCCN(CCC#N)C(=O)c1cc(C)c(C)s1. The smallest absolute Gasteiger partial charge is 0.264 e. The molecule has 0 aliphatic carbocycles. The maximum atomic E-state index is 12.3. The first-order valence-corrected chi connectivity index (χ1v) is 6.64. The Hall–Kier alpha value is -1.38. The van der Waals surface area contributed by atoms with Gasteiger partial charge in [0.2, 0.25) is 0 Å². The van der Waals surface area contributed by atoms with Crippen LogP contribution in [0, 0.1) is 25.2 Å². The first-order chi connectivity index (χ1) is 8.60. The molecule has 0 saturated heterocycles. The molecular formula is C13H18N2O2S. The zero-order valence-corrected chi connectivity index (χ0v) is 11.8. The molecule has 0 saturated carbocycles. The molecule has 1 amide bonds. The minimum atomic E-state index is -0.0106. The zero-order chi connectivity index (χ0) is 13.5. The van der Waals surface area contributed by atoms with Crippen LogP contribution in [0.4, 0.5) is 0 Å². The van der Waals surface area contributed by atoms with Crippen molar-refractivity contribution in [1.82, 2.24) is 4.90 Å². The Morgan fingerprint density at radius 3 is 2.72 bits per heavy atom. The predicted octanol–water partition coefficient (Wildman–Crippen LogP) is 2.37. The van der Waals surface area contributed by atoms with Crippen molar-refractivity contribution in [2.24, 2.45) is 0 Å². The van der Waals surface area contributed by atoms with Crippen molar-refractivity contribution in [3.8, 4) is 6.07 Å². The fraction of sp³-hybridized carbons (Fsp3) is 0.538. The molecule has 0 fully saturated rings. The van der Waals surface area contributed by atoms with Gasteiger partial charge >= 0.3 is 0 Å². The van der Waals surface area contributed by atoms with Crippen LogP contribution in [0.25, 0.3) is 0 Å². The number of aryl methyl sites for hydroxylation is 2. The van der Waals surface area contributed by atoms with Gasteiger partial charge < -0.3 is 9.64 Å². The lowest BCUT2D eigenvalue weighted by Crippen LogP contribution is -2.34. The Balaban J connectivity index is 2.77. The minimum Gasteiger partial charge on any atom is -0.383 e. The van der Waals surface area contributed by atoms with Crippen LogP contribution in [0.15, 0.2) is 6.07 Å². The number of nitriles is 1. The summed E-state index contributed by atoms with van der Waals surface area (Å²) in [4.78, 5) is 15.9.